The van der Waals surface area contributed by atoms with E-state index in [9.17, 15) is 9.59 Å². The molecule has 0 saturated carbocycles. The monoisotopic (exact) mass is 374 g/mol. The molecule has 0 fully saturated rings. The zero-order valence-electron chi connectivity index (χ0n) is 14.4. The Morgan fingerprint density at radius 2 is 1.79 bits per heavy atom. The summed E-state index contributed by atoms with van der Waals surface area (Å²) in [5, 5.41) is 3.61. The Labute approximate surface area is 153 Å². The number of ether oxygens (including phenoxy) is 1. The van der Waals surface area contributed by atoms with Crippen molar-refractivity contribution in [2.24, 2.45) is 5.92 Å². The van der Waals surface area contributed by atoms with Gasteiger partial charge in [0.25, 0.3) is 0 Å². The van der Waals surface area contributed by atoms with Crippen LogP contribution in [0.1, 0.15) is 27.2 Å². The number of hydrogen-bond donors (Lipinski definition) is 1. The van der Waals surface area contributed by atoms with Gasteiger partial charge in [0, 0.05) is 36.3 Å². The first-order valence-electron chi connectivity index (χ1n) is 7.78. The number of amides is 2. The number of anilines is 1. The van der Waals surface area contributed by atoms with Crippen LogP contribution in [0.3, 0.4) is 0 Å². The Balaban J connectivity index is 3.15. The molecule has 5 nitrogen and oxygen atoms in total. The summed E-state index contributed by atoms with van der Waals surface area (Å²) in [5.41, 5.74) is 0.577. The van der Waals surface area contributed by atoms with Gasteiger partial charge in [-0.15, -0.1) is 0 Å². The molecule has 0 saturated heterocycles. The molecule has 7 heteroatoms. The van der Waals surface area contributed by atoms with Crippen molar-refractivity contribution >= 4 is 40.7 Å². The normalized spacial score (nSPS) is 12.1. The largest absolute Gasteiger partial charge is 0.383 e. The second kappa shape index (κ2) is 9.87. The first-order chi connectivity index (χ1) is 11.2. The topological polar surface area (TPSA) is 58.6 Å². The third kappa shape index (κ3) is 6.67. The lowest BCUT2D eigenvalue weighted by Crippen LogP contribution is -2.49. The number of nitrogens with one attached hydrogen (secondary N) is 1. The summed E-state index contributed by atoms with van der Waals surface area (Å²) in [5.74, 6) is -0.211. The van der Waals surface area contributed by atoms with E-state index >= 15 is 0 Å². The van der Waals surface area contributed by atoms with Crippen LogP contribution in [0.5, 0.6) is 0 Å². The molecule has 0 aliphatic heterocycles. The maximum atomic E-state index is 13.0. The number of benzene rings is 1. The van der Waals surface area contributed by atoms with Crippen LogP contribution < -0.4 is 10.2 Å². The third-order valence-electron chi connectivity index (χ3n) is 3.33. The van der Waals surface area contributed by atoms with Gasteiger partial charge in [0.15, 0.2) is 0 Å². The molecule has 1 N–H and O–H groups in total. The molecule has 0 aliphatic carbocycles. The van der Waals surface area contributed by atoms with Crippen molar-refractivity contribution < 1.29 is 14.3 Å². The summed E-state index contributed by atoms with van der Waals surface area (Å²) < 4.78 is 5.10. The summed E-state index contributed by atoms with van der Waals surface area (Å²) >= 11 is 12.1. The van der Waals surface area contributed by atoms with Gasteiger partial charge in [-0.1, -0.05) is 37.0 Å². The average molecular weight is 375 g/mol. The second-order valence-electron chi connectivity index (χ2n) is 5.99. The van der Waals surface area contributed by atoms with Gasteiger partial charge in [0.05, 0.1) is 6.61 Å². The van der Waals surface area contributed by atoms with Crippen LogP contribution in [0.2, 0.25) is 10.0 Å². The van der Waals surface area contributed by atoms with Crippen molar-refractivity contribution in [1.29, 1.82) is 0 Å². The zero-order valence-corrected chi connectivity index (χ0v) is 15.9. The molecule has 1 aromatic carbocycles. The summed E-state index contributed by atoms with van der Waals surface area (Å²) in [4.78, 5) is 26.0. The predicted octanol–water partition coefficient (Wildman–Crippen LogP) is 3.52. The maximum Gasteiger partial charge on any atom is 0.249 e. The number of nitrogens with zero attached hydrogens (tertiary/aromatic N) is 1. The molecule has 0 bridgehead atoms. The number of hydrogen-bond acceptors (Lipinski definition) is 3. The molecule has 0 heterocycles. The summed E-state index contributed by atoms with van der Waals surface area (Å²) in [6.45, 7) is 6.08. The molecule has 0 aromatic heterocycles. The number of halogens is 2. The minimum Gasteiger partial charge on any atom is -0.383 e. The zero-order chi connectivity index (χ0) is 18.3. The number of carbonyl (C=O) groups is 2. The molecule has 0 unspecified atom stereocenters. The van der Waals surface area contributed by atoms with E-state index in [-0.39, 0.29) is 17.7 Å². The van der Waals surface area contributed by atoms with E-state index < -0.39 is 6.04 Å². The molecule has 1 atom stereocenters. The van der Waals surface area contributed by atoms with Gasteiger partial charge in [-0.3, -0.25) is 9.59 Å². The standard InChI is InChI=1S/C17H24Cl2N2O3/c1-11(2)7-16(20-12(3)22)17(23)21(5-6-24-4)15-9-13(18)8-14(19)10-15/h8-11,16H,5-7H2,1-4H3,(H,20,22)/t16-/m0/s1. The smallest absolute Gasteiger partial charge is 0.249 e. The van der Waals surface area contributed by atoms with Gasteiger partial charge >= 0.3 is 0 Å². The highest BCUT2D eigenvalue weighted by Gasteiger charge is 2.27. The maximum absolute atomic E-state index is 13.0. The Morgan fingerprint density at radius 3 is 2.25 bits per heavy atom. The van der Waals surface area contributed by atoms with E-state index in [4.69, 9.17) is 27.9 Å². The van der Waals surface area contributed by atoms with E-state index in [1.807, 2.05) is 13.8 Å². The molecular weight excluding hydrogens is 351 g/mol. The minimum atomic E-state index is -0.614. The van der Waals surface area contributed by atoms with Gasteiger partial charge in [0.1, 0.15) is 6.04 Å². The van der Waals surface area contributed by atoms with Crippen LogP contribution in [-0.4, -0.2) is 38.1 Å². The van der Waals surface area contributed by atoms with Crippen molar-refractivity contribution in [2.75, 3.05) is 25.2 Å². The van der Waals surface area contributed by atoms with Crippen molar-refractivity contribution in [2.45, 2.75) is 33.2 Å². The summed E-state index contributed by atoms with van der Waals surface area (Å²) in [6.07, 6.45) is 0.538. The highest BCUT2D eigenvalue weighted by Crippen LogP contribution is 2.26. The minimum absolute atomic E-state index is 0.214. The molecule has 2 amide bonds. The SMILES string of the molecule is COCCN(C(=O)[C@H](CC(C)C)NC(C)=O)c1cc(Cl)cc(Cl)c1. The molecular formula is C17H24Cl2N2O3. The lowest BCUT2D eigenvalue weighted by molar-refractivity contribution is -0.126. The molecule has 1 rings (SSSR count). The fourth-order valence-corrected chi connectivity index (χ4v) is 2.89. The van der Waals surface area contributed by atoms with Crippen LogP contribution in [-0.2, 0) is 14.3 Å². The van der Waals surface area contributed by atoms with Gasteiger partial charge < -0.3 is 15.0 Å². The van der Waals surface area contributed by atoms with Crippen LogP contribution in [0.25, 0.3) is 0 Å². The van der Waals surface area contributed by atoms with Crippen LogP contribution in [0.15, 0.2) is 18.2 Å². The third-order valence-corrected chi connectivity index (χ3v) is 3.76. The fourth-order valence-electron chi connectivity index (χ4n) is 2.37. The van der Waals surface area contributed by atoms with E-state index in [2.05, 4.69) is 5.32 Å². The lowest BCUT2D eigenvalue weighted by atomic mass is 10.0. The van der Waals surface area contributed by atoms with Gasteiger partial charge in [-0.2, -0.15) is 0 Å². The number of carbonyl (C=O) groups excluding carboxylic acids is 2. The van der Waals surface area contributed by atoms with Crippen LogP contribution >= 0.6 is 23.2 Å². The second-order valence-corrected chi connectivity index (χ2v) is 6.87. The predicted molar refractivity (Wildman–Crippen MR) is 97.8 cm³/mol. The molecule has 0 aliphatic rings. The number of rotatable bonds is 8. The Kier molecular flexibility index (Phi) is 8.53. The van der Waals surface area contributed by atoms with Crippen molar-refractivity contribution in [3.8, 4) is 0 Å². The van der Waals surface area contributed by atoms with Gasteiger partial charge in [-0.25, -0.2) is 0 Å². The van der Waals surface area contributed by atoms with Crippen molar-refractivity contribution in [3.05, 3.63) is 28.2 Å². The van der Waals surface area contributed by atoms with Gasteiger partial charge in [-0.05, 0) is 30.5 Å². The Morgan fingerprint density at radius 1 is 1.21 bits per heavy atom. The van der Waals surface area contributed by atoms with Gasteiger partial charge in [0.2, 0.25) is 11.8 Å². The number of methoxy groups -OCH3 is 1. The fraction of sp³-hybridized carbons (Fsp3) is 0.529. The Bertz CT molecular complexity index is 559. The molecule has 1 aromatic rings. The summed E-state index contributed by atoms with van der Waals surface area (Å²) in [6, 6.07) is 4.32. The molecule has 24 heavy (non-hydrogen) atoms. The average Bonchev–Trinajstić information content (AvgIpc) is 2.44. The van der Waals surface area contributed by atoms with Crippen LogP contribution in [0.4, 0.5) is 5.69 Å². The van der Waals surface area contributed by atoms with E-state index in [0.29, 0.717) is 35.3 Å². The van der Waals surface area contributed by atoms with Crippen molar-refractivity contribution in [1.82, 2.24) is 5.32 Å². The molecule has 0 spiro atoms. The first kappa shape index (κ1) is 20.7. The van der Waals surface area contributed by atoms with E-state index in [1.54, 1.807) is 30.2 Å². The summed E-state index contributed by atoms with van der Waals surface area (Å²) in [7, 11) is 1.56. The van der Waals surface area contributed by atoms with E-state index in [1.165, 1.54) is 6.92 Å². The molecule has 134 valence electrons. The first-order valence-corrected chi connectivity index (χ1v) is 8.53. The van der Waals surface area contributed by atoms with Crippen molar-refractivity contribution in [3.63, 3.8) is 0 Å². The highest BCUT2D eigenvalue weighted by atomic mass is 35.5. The highest BCUT2D eigenvalue weighted by molar-refractivity contribution is 6.35. The van der Waals surface area contributed by atoms with Crippen LogP contribution in [0, 0.1) is 5.92 Å². The lowest BCUT2D eigenvalue weighted by Gasteiger charge is -2.29. The molecule has 0 radical (unpaired) electrons. The van der Waals surface area contributed by atoms with E-state index in [0.717, 1.165) is 0 Å². The Hall–Kier alpha value is -1.30. The quantitative estimate of drug-likeness (QED) is 0.756.